The van der Waals surface area contributed by atoms with Crippen LogP contribution in [0.15, 0.2) is 6.20 Å². The van der Waals surface area contributed by atoms with Crippen molar-refractivity contribution in [1.82, 2.24) is 9.97 Å². The molecule has 0 aromatic carbocycles. The average Bonchev–Trinajstić information content (AvgIpc) is 2.26. The molecule has 1 aromatic rings. The molecule has 2 rings (SSSR count). The Hall–Kier alpha value is -1.52. The Labute approximate surface area is 89.5 Å². The van der Waals surface area contributed by atoms with E-state index < -0.39 is 0 Å². The van der Waals surface area contributed by atoms with Crippen LogP contribution in [0.4, 0.5) is 11.6 Å². The normalized spacial score (nSPS) is 14.4. The molecule has 1 aromatic heterocycles. The second-order valence-corrected chi connectivity index (χ2v) is 3.58. The summed E-state index contributed by atoms with van der Waals surface area (Å²) in [7, 11) is 2.02. The van der Waals surface area contributed by atoms with Crippen molar-refractivity contribution in [2.24, 2.45) is 0 Å². The van der Waals surface area contributed by atoms with Crippen molar-refractivity contribution in [3.63, 3.8) is 0 Å². The van der Waals surface area contributed by atoms with Gasteiger partial charge in [0.2, 0.25) is 11.8 Å². The zero-order valence-electron chi connectivity index (χ0n) is 9.16. The molecule has 1 aliphatic rings. The van der Waals surface area contributed by atoms with E-state index in [0.717, 1.165) is 25.2 Å². The first-order valence-electron chi connectivity index (χ1n) is 5.26. The third kappa shape index (κ3) is 2.11. The minimum Gasteiger partial charge on any atom is -0.474 e. The van der Waals surface area contributed by atoms with Crippen molar-refractivity contribution in [2.75, 3.05) is 37.0 Å². The van der Waals surface area contributed by atoms with Gasteiger partial charge in [0.25, 0.3) is 0 Å². The minimum atomic E-state index is 0.644. The molecule has 0 saturated carbocycles. The highest BCUT2D eigenvalue weighted by Crippen LogP contribution is 2.27. The van der Waals surface area contributed by atoms with E-state index in [1.807, 2.05) is 7.05 Å². The summed E-state index contributed by atoms with van der Waals surface area (Å²) >= 11 is 0. The second-order valence-electron chi connectivity index (χ2n) is 3.58. The van der Waals surface area contributed by atoms with E-state index in [-0.39, 0.29) is 0 Å². The number of hydrogen-bond donors (Lipinski definition) is 1. The molecule has 0 atom stereocenters. The molecule has 0 unspecified atom stereocenters. The maximum atomic E-state index is 5.48. The third-order valence-corrected chi connectivity index (χ3v) is 2.35. The zero-order chi connectivity index (χ0) is 10.7. The molecule has 0 radical (unpaired) electrons. The number of aromatic nitrogens is 2. The quantitative estimate of drug-likeness (QED) is 0.807. The monoisotopic (exact) mass is 208 g/mol. The van der Waals surface area contributed by atoms with E-state index in [1.54, 1.807) is 6.20 Å². The minimum absolute atomic E-state index is 0.644. The molecule has 82 valence electrons. The summed E-state index contributed by atoms with van der Waals surface area (Å²) in [5, 5.41) is 3.14. The molecule has 0 aliphatic carbocycles. The van der Waals surface area contributed by atoms with Crippen molar-refractivity contribution >= 4 is 11.6 Å². The van der Waals surface area contributed by atoms with Crippen LogP contribution < -0.4 is 15.0 Å². The topological polar surface area (TPSA) is 50.3 Å². The number of likely N-dealkylation sites (N-methyl/N-ethyl adjacent to an activating group) is 1. The van der Waals surface area contributed by atoms with E-state index in [0.29, 0.717) is 18.4 Å². The predicted molar refractivity (Wildman–Crippen MR) is 59.6 cm³/mol. The van der Waals surface area contributed by atoms with Gasteiger partial charge in [-0.3, -0.25) is 0 Å². The molecule has 5 heteroatoms. The summed E-state index contributed by atoms with van der Waals surface area (Å²) in [5.41, 5.74) is 0.961. The molecule has 1 aliphatic heterocycles. The van der Waals surface area contributed by atoms with Gasteiger partial charge in [-0.2, -0.15) is 4.98 Å². The van der Waals surface area contributed by atoms with E-state index in [1.165, 1.54) is 0 Å². The predicted octanol–water partition coefficient (Wildman–Crippen LogP) is 1.13. The number of nitrogens with one attached hydrogen (secondary N) is 1. The second kappa shape index (κ2) is 4.33. The van der Waals surface area contributed by atoms with Crippen LogP contribution in [0.5, 0.6) is 5.88 Å². The lowest BCUT2D eigenvalue weighted by atomic mass is 10.4. The van der Waals surface area contributed by atoms with Crippen molar-refractivity contribution < 1.29 is 4.74 Å². The lowest BCUT2D eigenvalue weighted by Crippen LogP contribution is -2.29. The maximum Gasteiger partial charge on any atom is 0.242 e. The molecule has 0 amide bonds. The molecule has 0 bridgehead atoms. The smallest absolute Gasteiger partial charge is 0.242 e. The third-order valence-electron chi connectivity index (χ3n) is 2.35. The summed E-state index contributed by atoms with van der Waals surface area (Å²) in [6.45, 7) is 4.57. The van der Waals surface area contributed by atoms with Crippen LogP contribution in [0.25, 0.3) is 0 Å². The number of fused-ring (bicyclic) bond motifs is 1. The fourth-order valence-electron chi connectivity index (χ4n) is 1.45. The van der Waals surface area contributed by atoms with Gasteiger partial charge in [0.05, 0.1) is 12.7 Å². The van der Waals surface area contributed by atoms with Gasteiger partial charge < -0.3 is 15.0 Å². The number of nitrogens with zero attached hydrogens (tertiary/aromatic N) is 3. The highest BCUT2D eigenvalue weighted by atomic mass is 16.5. The van der Waals surface area contributed by atoms with Gasteiger partial charge in [0, 0.05) is 13.6 Å². The molecule has 0 spiro atoms. The van der Waals surface area contributed by atoms with Gasteiger partial charge in [-0.05, 0) is 6.42 Å². The standard InChI is InChI=1S/C10H16N4O/c1-3-4-11-10-12-7-8-9(13-10)15-6-5-14(8)2/h7H,3-6H2,1-2H3,(H,11,12,13). The van der Waals surface area contributed by atoms with Gasteiger partial charge in [0.15, 0.2) is 0 Å². The highest BCUT2D eigenvalue weighted by molar-refractivity contribution is 5.56. The lowest BCUT2D eigenvalue weighted by molar-refractivity contribution is 0.298. The summed E-state index contributed by atoms with van der Waals surface area (Å²) in [5.74, 6) is 1.32. The van der Waals surface area contributed by atoms with Crippen molar-refractivity contribution in [3.05, 3.63) is 6.20 Å². The largest absolute Gasteiger partial charge is 0.474 e. The van der Waals surface area contributed by atoms with Crippen LogP contribution in [-0.2, 0) is 0 Å². The molecular weight excluding hydrogens is 192 g/mol. The Bertz CT molecular complexity index is 342. The first-order chi connectivity index (χ1) is 7.31. The number of hydrogen-bond acceptors (Lipinski definition) is 5. The summed E-state index contributed by atoms with van der Waals surface area (Å²) < 4.78 is 5.48. The zero-order valence-corrected chi connectivity index (χ0v) is 9.16. The van der Waals surface area contributed by atoms with Gasteiger partial charge in [-0.1, -0.05) is 6.92 Å². The van der Waals surface area contributed by atoms with E-state index in [4.69, 9.17) is 4.74 Å². The van der Waals surface area contributed by atoms with Gasteiger partial charge in [-0.15, -0.1) is 0 Å². The molecule has 0 saturated heterocycles. The summed E-state index contributed by atoms with van der Waals surface area (Å²) in [6.07, 6.45) is 2.86. The maximum absolute atomic E-state index is 5.48. The Balaban J connectivity index is 2.18. The van der Waals surface area contributed by atoms with Crippen LogP contribution in [-0.4, -0.2) is 36.7 Å². The molecule has 5 nitrogen and oxygen atoms in total. The number of anilines is 2. The van der Waals surface area contributed by atoms with Crippen molar-refractivity contribution in [1.29, 1.82) is 0 Å². The van der Waals surface area contributed by atoms with Crippen LogP contribution >= 0.6 is 0 Å². The molecular formula is C10H16N4O. The molecule has 1 N–H and O–H groups in total. The molecule has 15 heavy (non-hydrogen) atoms. The van der Waals surface area contributed by atoms with Crippen LogP contribution in [0.1, 0.15) is 13.3 Å². The van der Waals surface area contributed by atoms with Gasteiger partial charge in [-0.25, -0.2) is 4.98 Å². The Morgan fingerprint density at radius 3 is 3.27 bits per heavy atom. The highest BCUT2D eigenvalue weighted by Gasteiger charge is 2.17. The van der Waals surface area contributed by atoms with Crippen molar-refractivity contribution in [2.45, 2.75) is 13.3 Å². The van der Waals surface area contributed by atoms with Gasteiger partial charge in [0.1, 0.15) is 12.3 Å². The number of ether oxygens (including phenoxy) is 1. The molecule has 2 heterocycles. The Morgan fingerprint density at radius 1 is 1.60 bits per heavy atom. The van der Waals surface area contributed by atoms with Crippen LogP contribution in [0, 0.1) is 0 Å². The van der Waals surface area contributed by atoms with E-state index in [2.05, 4.69) is 27.1 Å². The van der Waals surface area contributed by atoms with Crippen LogP contribution in [0.2, 0.25) is 0 Å². The Morgan fingerprint density at radius 2 is 2.47 bits per heavy atom. The van der Waals surface area contributed by atoms with Crippen molar-refractivity contribution in [3.8, 4) is 5.88 Å². The SMILES string of the molecule is CCCNc1ncc2c(n1)OCCN2C. The first-order valence-corrected chi connectivity index (χ1v) is 5.26. The molecule has 0 fully saturated rings. The summed E-state index contributed by atoms with van der Waals surface area (Å²) in [4.78, 5) is 10.7. The average molecular weight is 208 g/mol. The van der Waals surface area contributed by atoms with Crippen LogP contribution in [0.3, 0.4) is 0 Å². The fourth-order valence-corrected chi connectivity index (χ4v) is 1.45. The lowest BCUT2D eigenvalue weighted by Gasteiger charge is -2.26. The van der Waals surface area contributed by atoms with E-state index in [9.17, 15) is 0 Å². The summed E-state index contributed by atoms with van der Waals surface area (Å²) in [6, 6.07) is 0. The first kappa shape index (κ1) is 10.0. The van der Waals surface area contributed by atoms with E-state index >= 15 is 0 Å². The Kier molecular flexibility index (Phi) is 2.89. The van der Waals surface area contributed by atoms with Gasteiger partial charge >= 0.3 is 0 Å². The number of rotatable bonds is 3. The fraction of sp³-hybridized carbons (Fsp3) is 0.600.